The van der Waals surface area contributed by atoms with E-state index in [2.05, 4.69) is 10.3 Å². The first-order valence-corrected chi connectivity index (χ1v) is 7.51. The summed E-state index contributed by atoms with van der Waals surface area (Å²) in [6.07, 6.45) is 2.24. The molecule has 21 heavy (non-hydrogen) atoms. The van der Waals surface area contributed by atoms with Crippen LogP contribution in [0.25, 0.3) is 10.9 Å². The van der Waals surface area contributed by atoms with Crippen molar-refractivity contribution in [3.8, 4) is 5.75 Å². The Morgan fingerprint density at radius 1 is 1.52 bits per heavy atom. The largest absolute Gasteiger partial charge is 0.497 e. The van der Waals surface area contributed by atoms with Crippen molar-refractivity contribution < 1.29 is 4.74 Å². The highest BCUT2D eigenvalue weighted by Gasteiger charge is 2.17. The van der Waals surface area contributed by atoms with Crippen molar-refractivity contribution in [3.05, 3.63) is 33.8 Å². The number of ether oxygens (including phenoxy) is 1. The van der Waals surface area contributed by atoms with E-state index < -0.39 is 0 Å². The molecule has 1 aliphatic heterocycles. The van der Waals surface area contributed by atoms with E-state index in [0.717, 1.165) is 25.9 Å². The van der Waals surface area contributed by atoms with Crippen LogP contribution in [-0.4, -0.2) is 29.8 Å². The van der Waals surface area contributed by atoms with Crippen LogP contribution in [0, 0.1) is 5.92 Å². The molecule has 2 heterocycles. The molecule has 1 aromatic heterocycles. The number of nitrogens with one attached hydrogen (secondary N) is 1. The Labute approximate surface area is 127 Å². The van der Waals surface area contributed by atoms with Gasteiger partial charge >= 0.3 is 0 Å². The molecule has 1 fully saturated rings. The predicted octanol–water partition coefficient (Wildman–Crippen LogP) is 2.06. The highest BCUT2D eigenvalue weighted by atomic mass is 35.5. The zero-order chi connectivity index (χ0) is 14.8. The maximum atomic E-state index is 12.6. The standard InChI is InChI=1S/C15H18ClN3O2/c1-21-11-4-5-12-13(7-11)18-15(16)19(14(12)20)9-10-3-2-6-17-8-10/h4-5,7,10,17H,2-3,6,8-9H2,1H3. The minimum Gasteiger partial charge on any atom is -0.497 e. The predicted molar refractivity (Wildman–Crippen MR) is 83.2 cm³/mol. The average Bonchev–Trinajstić information content (AvgIpc) is 2.52. The second-order valence-corrected chi connectivity index (χ2v) is 5.73. The van der Waals surface area contributed by atoms with Gasteiger partial charge in [0.05, 0.1) is 18.0 Å². The van der Waals surface area contributed by atoms with E-state index in [-0.39, 0.29) is 10.8 Å². The molecule has 1 unspecified atom stereocenters. The molecule has 5 nitrogen and oxygen atoms in total. The summed E-state index contributed by atoms with van der Waals surface area (Å²) in [6.45, 7) is 2.58. The minimum atomic E-state index is -0.0850. The van der Waals surface area contributed by atoms with Gasteiger partial charge in [-0.05, 0) is 55.6 Å². The summed E-state index contributed by atoms with van der Waals surface area (Å²) in [5.41, 5.74) is 0.487. The molecule has 0 bridgehead atoms. The molecule has 0 amide bonds. The number of nitrogens with zero attached hydrogens (tertiary/aromatic N) is 2. The number of fused-ring (bicyclic) bond motifs is 1. The van der Waals surface area contributed by atoms with Gasteiger partial charge in [0.25, 0.3) is 5.56 Å². The summed E-state index contributed by atoms with van der Waals surface area (Å²) in [5.74, 6) is 1.09. The Balaban J connectivity index is 2.00. The highest BCUT2D eigenvalue weighted by molar-refractivity contribution is 6.28. The molecule has 0 radical (unpaired) electrons. The van der Waals surface area contributed by atoms with Gasteiger partial charge in [-0.2, -0.15) is 0 Å². The van der Waals surface area contributed by atoms with Crippen LogP contribution in [0.5, 0.6) is 5.75 Å². The number of rotatable bonds is 3. The zero-order valence-electron chi connectivity index (χ0n) is 11.9. The normalized spacial score (nSPS) is 18.9. The summed E-state index contributed by atoms with van der Waals surface area (Å²) < 4.78 is 6.73. The van der Waals surface area contributed by atoms with Crippen LogP contribution in [0.3, 0.4) is 0 Å². The molecule has 1 N–H and O–H groups in total. The van der Waals surface area contributed by atoms with Crippen molar-refractivity contribution in [3.63, 3.8) is 0 Å². The first kappa shape index (κ1) is 14.4. The average molecular weight is 308 g/mol. The lowest BCUT2D eigenvalue weighted by Gasteiger charge is -2.23. The van der Waals surface area contributed by atoms with Crippen molar-refractivity contribution in [1.82, 2.24) is 14.9 Å². The third-order valence-corrected chi connectivity index (χ3v) is 4.24. The fourth-order valence-electron chi connectivity index (χ4n) is 2.80. The minimum absolute atomic E-state index is 0.0850. The maximum absolute atomic E-state index is 12.6. The molecule has 1 aromatic carbocycles. The summed E-state index contributed by atoms with van der Waals surface area (Å²) in [7, 11) is 1.58. The molecule has 112 valence electrons. The van der Waals surface area contributed by atoms with Gasteiger partial charge < -0.3 is 10.1 Å². The molecule has 1 saturated heterocycles. The number of aromatic nitrogens is 2. The summed E-state index contributed by atoms with van der Waals surface area (Å²) >= 11 is 6.21. The molecule has 1 aliphatic rings. The Hall–Kier alpha value is -1.59. The quantitative estimate of drug-likeness (QED) is 0.882. The van der Waals surface area contributed by atoms with Crippen molar-refractivity contribution in [2.24, 2.45) is 5.92 Å². The van der Waals surface area contributed by atoms with E-state index in [9.17, 15) is 4.79 Å². The van der Waals surface area contributed by atoms with Crippen LogP contribution in [0.15, 0.2) is 23.0 Å². The molecule has 2 aromatic rings. The second kappa shape index (κ2) is 6.03. The van der Waals surface area contributed by atoms with Crippen LogP contribution in [0.4, 0.5) is 0 Å². The lowest BCUT2D eigenvalue weighted by atomic mass is 10.00. The summed E-state index contributed by atoms with van der Waals surface area (Å²) in [4.78, 5) is 16.9. The lowest BCUT2D eigenvalue weighted by Crippen LogP contribution is -2.35. The van der Waals surface area contributed by atoms with E-state index >= 15 is 0 Å². The zero-order valence-corrected chi connectivity index (χ0v) is 12.7. The van der Waals surface area contributed by atoms with Gasteiger partial charge in [0.15, 0.2) is 0 Å². The summed E-state index contributed by atoms with van der Waals surface area (Å²) in [5, 5.41) is 4.17. The Morgan fingerprint density at radius 3 is 3.10 bits per heavy atom. The topological polar surface area (TPSA) is 56.1 Å². The third kappa shape index (κ3) is 2.89. The number of piperidine rings is 1. The number of hydrogen-bond acceptors (Lipinski definition) is 4. The van der Waals surface area contributed by atoms with Gasteiger partial charge in [0, 0.05) is 12.6 Å². The van der Waals surface area contributed by atoms with Gasteiger partial charge in [0.2, 0.25) is 5.28 Å². The molecule has 6 heteroatoms. The first-order valence-electron chi connectivity index (χ1n) is 7.14. The van der Waals surface area contributed by atoms with E-state index in [1.807, 2.05) is 0 Å². The molecule has 0 saturated carbocycles. The first-order chi connectivity index (χ1) is 10.2. The molecule has 3 rings (SSSR count). The lowest BCUT2D eigenvalue weighted by molar-refractivity contribution is 0.333. The van der Waals surface area contributed by atoms with Crippen LogP contribution in [0.2, 0.25) is 5.28 Å². The molecular weight excluding hydrogens is 290 g/mol. The van der Waals surface area contributed by atoms with Crippen molar-refractivity contribution >= 4 is 22.5 Å². The monoisotopic (exact) mass is 307 g/mol. The SMILES string of the molecule is COc1ccc2c(=O)n(CC3CCCNC3)c(Cl)nc2c1. The second-order valence-electron chi connectivity index (χ2n) is 5.39. The van der Waals surface area contributed by atoms with Crippen LogP contribution in [0.1, 0.15) is 12.8 Å². The van der Waals surface area contributed by atoms with Crippen molar-refractivity contribution in [2.45, 2.75) is 19.4 Å². The van der Waals surface area contributed by atoms with Gasteiger partial charge in [0.1, 0.15) is 5.75 Å². The Morgan fingerprint density at radius 2 is 2.38 bits per heavy atom. The number of halogens is 1. The van der Waals surface area contributed by atoms with Gasteiger partial charge in [-0.1, -0.05) is 0 Å². The third-order valence-electron chi connectivity index (χ3n) is 3.96. The smallest absolute Gasteiger partial charge is 0.262 e. The van der Waals surface area contributed by atoms with Crippen molar-refractivity contribution in [1.29, 1.82) is 0 Å². The molecular formula is C15H18ClN3O2. The van der Waals surface area contributed by atoms with Crippen LogP contribution < -0.4 is 15.6 Å². The molecule has 0 aliphatic carbocycles. The number of benzene rings is 1. The van der Waals surface area contributed by atoms with E-state index in [0.29, 0.717) is 29.1 Å². The fourth-order valence-corrected chi connectivity index (χ4v) is 3.03. The summed E-state index contributed by atoms with van der Waals surface area (Å²) in [6, 6.07) is 5.25. The van der Waals surface area contributed by atoms with E-state index in [1.54, 1.807) is 29.9 Å². The maximum Gasteiger partial charge on any atom is 0.262 e. The van der Waals surface area contributed by atoms with E-state index in [4.69, 9.17) is 16.3 Å². The van der Waals surface area contributed by atoms with Crippen molar-refractivity contribution in [2.75, 3.05) is 20.2 Å². The number of methoxy groups -OCH3 is 1. The fraction of sp³-hybridized carbons (Fsp3) is 0.467. The Kier molecular flexibility index (Phi) is 4.12. The van der Waals surface area contributed by atoms with Gasteiger partial charge in [-0.15, -0.1) is 0 Å². The number of hydrogen-bond donors (Lipinski definition) is 1. The Bertz CT molecular complexity index is 708. The van der Waals surface area contributed by atoms with Gasteiger partial charge in [-0.25, -0.2) is 4.98 Å². The molecule has 1 atom stereocenters. The van der Waals surface area contributed by atoms with Crippen LogP contribution >= 0.6 is 11.6 Å². The van der Waals surface area contributed by atoms with E-state index in [1.165, 1.54) is 0 Å². The highest BCUT2D eigenvalue weighted by Crippen LogP contribution is 2.20. The van der Waals surface area contributed by atoms with Gasteiger partial charge in [-0.3, -0.25) is 9.36 Å². The van der Waals surface area contributed by atoms with Crippen LogP contribution in [-0.2, 0) is 6.54 Å². The molecule has 0 spiro atoms.